The van der Waals surface area contributed by atoms with E-state index in [-0.39, 0.29) is 23.1 Å². The Kier molecular flexibility index (Phi) is 6.50. The summed E-state index contributed by atoms with van der Waals surface area (Å²) >= 11 is 0. The maximum atomic E-state index is 10.4. The molecule has 0 amide bonds. The maximum absolute atomic E-state index is 10.4. The number of aromatic nitrogens is 2. The van der Waals surface area contributed by atoms with Crippen LogP contribution < -0.4 is 9.47 Å². The minimum atomic E-state index is -2.15. The van der Waals surface area contributed by atoms with E-state index in [2.05, 4.69) is 5.10 Å². The van der Waals surface area contributed by atoms with Crippen LogP contribution in [0.2, 0.25) is 0 Å². The van der Waals surface area contributed by atoms with Gasteiger partial charge in [0.25, 0.3) is 0 Å². The zero-order chi connectivity index (χ0) is 26.3. The van der Waals surface area contributed by atoms with Crippen LogP contribution in [0.3, 0.4) is 0 Å². The molecule has 2 heterocycles. The number of ether oxygens (including phenoxy) is 3. The molecular formula is C23H34N2O7. The van der Waals surface area contributed by atoms with Crippen LogP contribution in [0, 0.1) is 6.92 Å². The van der Waals surface area contributed by atoms with Crippen LogP contribution >= 0.6 is 0 Å². The number of hydrogen-bond acceptors (Lipinski definition) is 8. The summed E-state index contributed by atoms with van der Waals surface area (Å²) in [6, 6.07) is 5.19. The summed E-state index contributed by atoms with van der Waals surface area (Å²) in [6.07, 6.45) is -9.90. The second-order valence-electron chi connectivity index (χ2n) is 8.26. The topological polar surface area (TPSA) is 126 Å². The van der Waals surface area contributed by atoms with Gasteiger partial charge < -0.3 is 34.6 Å². The van der Waals surface area contributed by atoms with Gasteiger partial charge in [0.2, 0.25) is 12.2 Å². The molecule has 0 radical (unpaired) electrons. The Morgan fingerprint density at radius 3 is 2.34 bits per heavy atom. The van der Waals surface area contributed by atoms with Crippen molar-refractivity contribution in [2.75, 3.05) is 6.61 Å². The number of rotatable bonds is 8. The molecule has 2 aromatic rings. The average Bonchev–Trinajstić information content (AvgIpc) is 3.11. The Morgan fingerprint density at radius 2 is 1.78 bits per heavy atom. The van der Waals surface area contributed by atoms with Crippen LogP contribution in [-0.4, -0.2) is 73.6 Å². The molecule has 0 aliphatic carbocycles. The predicted molar refractivity (Wildman–Crippen MR) is 117 cm³/mol. The molecule has 9 heteroatoms. The van der Waals surface area contributed by atoms with Gasteiger partial charge in [-0.2, -0.15) is 0 Å². The van der Waals surface area contributed by atoms with E-state index >= 15 is 0 Å². The molecule has 3 rings (SSSR count). The second kappa shape index (κ2) is 10.2. The molecule has 178 valence electrons. The normalized spacial score (nSPS) is 28.2. The van der Waals surface area contributed by atoms with Gasteiger partial charge in [-0.1, -0.05) is 12.1 Å². The third-order valence-electron chi connectivity index (χ3n) is 5.08. The smallest absolute Gasteiger partial charge is 0.239 e. The largest absolute Gasteiger partial charge is 0.491 e. The van der Waals surface area contributed by atoms with Crippen molar-refractivity contribution in [1.29, 1.82) is 0 Å². The van der Waals surface area contributed by atoms with Crippen LogP contribution in [0.4, 0.5) is 0 Å². The molecular weight excluding hydrogens is 416 g/mol. The average molecular weight is 454 g/mol. The van der Waals surface area contributed by atoms with E-state index in [1.54, 1.807) is 45.0 Å². The summed E-state index contributed by atoms with van der Waals surface area (Å²) in [5.74, 6) is 0.330. The summed E-state index contributed by atoms with van der Waals surface area (Å²) in [5, 5.41) is 44.3. The highest BCUT2D eigenvalue weighted by molar-refractivity contribution is 5.38. The SMILES string of the molecule is [2H]C([2H])(c1ccc(OC(C)C)cc1)c1c(O[C@@H]2O[C@H](CO)[C@@H](O)[C@H](O)[C@H]2O)nn(C([2H])(C)C)c1C. The van der Waals surface area contributed by atoms with E-state index < -0.39 is 49.7 Å². The Balaban J connectivity index is 2.05. The van der Waals surface area contributed by atoms with Gasteiger partial charge in [0.1, 0.15) is 30.2 Å². The molecule has 4 N–H and O–H groups in total. The molecule has 0 unspecified atom stereocenters. The monoisotopic (exact) mass is 453 g/mol. The predicted octanol–water partition coefficient (Wildman–Crippen LogP) is 1.33. The summed E-state index contributed by atoms with van der Waals surface area (Å²) in [5.41, 5.74) is 0.599. The van der Waals surface area contributed by atoms with E-state index in [4.69, 9.17) is 18.3 Å². The standard InChI is InChI=1S/C23H34N2O7/c1-12(2)25-14(5)17(10-15-6-8-16(9-7-15)30-13(3)4)22(24-25)32-23-21(29)20(28)19(27)18(11-26)31-23/h6-9,12-13,18-21,23,26-29H,10-11H2,1-5H3/t18-,19-,20+,21-,23+/m1/s1/i10D2,12D. The van der Waals surface area contributed by atoms with Crippen LogP contribution in [0.25, 0.3) is 0 Å². The Bertz CT molecular complexity index is 1010. The van der Waals surface area contributed by atoms with Gasteiger partial charge in [-0.15, -0.1) is 5.10 Å². The van der Waals surface area contributed by atoms with Crippen molar-refractivity contribution < 1.29 is 38.7 Å². The van der Waals surface area contributed by atoms with E-state index in [0.29, 0.717) is 11.4 Å². The molecule has 1 aromatic heterocycles. The lowest BCUT2D eigenvalue weighted by molar-refractivity contribution is -0.278. The number of aliphatic hydroxyl groups is 4. The van der Waals surface area contributed by atoms with Gasteiger partial charge >= 0.3 is 0 Å². The van der Waals surface area contributed by atoms with Crippen molar-refractivity contribution in [3.63, 3.8) is 0 Å². The van der Waals surface area contributed by atoms with Gasteiger partial charge in [0.15, 0.2) is 0 Å². The second-order valence-corrected chi connectivity index (χ2v) is 8.26. The van der Waals surface area contributed by atoms with Crippen LogP contribution in [0.1, 0.15) is 54.6 Å². The van der Waals surface area contributed by atoms with Crippen molar-refractivity contribution >= 4 is 0 Å². The van der Waals surface area contributed by atoms with Crippen molar-refractivity contribution in [3.8, 4) is 11.6 Å². The lowest BCUT2D eigenvalue weighted by Gasteiger charge is -2.39. The van der Waals surface area contributed by atoms with Crippen molar-refractivity contribution in [3.05, 3.63) is 41.1 Å². The fraction of sp³-hybridized carbons (Fsp3) is 0.609. The maximum Gasteiger partial charge on any atom is 0.239 e. The van der Waals surface area contributed by atoms with Gasteiger partial charge in [0.05, 0.1) is 14.1 Å². The van der Waals surface area contributed by atoms with E-state index in [1.165, 1.54) is 4.68 Å². The summed E-state index contributed by atoms with van der Waals surface area (Å²) in [4.78, 5) is 0. The lowest BCUT2D eigenvalue weighted by atomic mass is 9.99. The van der Waals surface area contributed by atoms with E-state index in [0.717, 1.165) is 0 Å². The van der Waals surface area contributed by atoms with Crippen LogP contribution in [0.15, 0.2) is 24.3 Å². The zero-order valence-electron chi connectivity index (χ0n) is 21.9. The highest BCUT2D eigenvalue weighted by Crippen LogP contribution is 2.31. The minimum absolute atomic E-state index is 0.00677. The lowest BCUT2D eigenvalue weighted by Crippen LogP contribution is -2.60. The van der Waals surface area contributed by atoms with Crippen molar-refractivity contribution in [1.82, 2.24) is 9.78 Å². The molecule has 0 saturated carbocycles. The van der Waals surface area contributed by atoms with E-state index in [1.807, 2.05) is 13.8 Å². The molecule has 32 heavy (non-hydrogen) atoms. The summed E-state index contributed by atoms with van der Waals surface area (Å²) in [6.45, 7) is 7.87. The third-order valence-corrected chi connectivity index (χ3v) is 5.08. The molecule has 1 saturated heterocycles. The fourth-order valence-corrected chi connectivity index (χ4v) is 3.45. The van der Waals surface area contributed by atoms with Gasteiger partial charge in [-0.05, 0) is 52.3 Å². The highest BCUT2D eigenvalue weighted by Gasteiger charge is 2.45. The Morgan fingerprint density at radius 1 is 1.12 bits per heavy atom. The molecule has 1 aromatic carbocycles. The molecule has 9 nitrogen and oxygen atoms in total. The van der Waals surface area contributed by atoms with Crippen LogP contribution in [0.5, 0.6) is 11.6 Å². The molecule has 5 atom stereocenters. The molecule has 0 spiro atoms. The van der Waals surface area contributed by atoms with Crippen LogP contribution in [-0.2, 0) is 11.1 Å². The number of benzene rings is 1. The summed E-state index contributed by atoms with van der Waals surface area (Å²) in [7, 11) is 0. The minimum Gasteiger partial charge on any atom is -0.491 e. The molecule has 1 aliphatic rings. The molecule has 0 bridgehead atoms. The third kappa shape index (κ3) is 5.24. The Labute approximate surface area is 192 Å². The first-order valence-corrected chi connectivity index (χ1v) is 10.5. The van der Waals surface area contributed by atoms with Crippen molar-refractivity contribution in [2.24, 2.45) is 0 Å². The quantitative estimate of drug-likeness (QED) is 0.472. The van der Waals surface area contributed by atoms with Gasteiger partial charge in [-0.25, -0.2) is 0 Å². The van der Waals surface area contributed by atoms with Gasteiger partial charge in [-0.3, -0.25) is 4.68 Å². The van der Waals surface area contributed by atoms with E-state index in [9.17, 15) is 20.4 Å². The highest BCUT2D eigenvalue weighted by atomic mass is 16.7. The van der Waals surface area contributed by atoms with Crippen molar-refractivity contribution in [2.45, 2.75) is 83.8 Å². The number of nitrogens with zero attached hydrogens (tertiary/aromatic N) is 2. The molecule has 1 fully saturated rings. The summed E-state index contributed by atoms with van der Waals surface area (Å²) < 4.78 is 44.4. The first-order valence-electron chi connectivity index (χ1n) is 12.0. The molecule has 1 aliphatic heterocycles. The van der Waals surface area contributed by atoms with Gasteiger partial charge in [0, 0.05) is 26.4 Å². The Hall–Kier alpha value is -2.17. The zero-order valence-corrected chi connectivity index (χ0v) is 18.9. The number of aliphatic hydroxyl groups excluding tert-OH is 4. The fourth-order valence-electron chi connectivity index (χ4n) is 3.45. The first-order chi connectivity index (χ1) is 16.2. The first kappa shape index (κ1) is 20.4. The number of hydrogen-bond donors (Lipinski definition) is 4.